The molecule has 0 spiro atoms. The Morgan fingerprint density at radius 3 is 2.04 bits per heavy atom. The van der Waals surface area contributed by atoms with Crippen LogP contribution in [0.15, 0.2) is 146 Å². The van der Waals surface area contributed by atoms with Crippen molar-refractivity contribution in [1.82, 2.24) is 18.9 Å². The molecule has 0 N–H and O–H groups in total. The fraction of sp³-hybridized carbons (Fsp3) is 0.0638. The second-order valence-electron chi connectivity index (χ2n) is 13.7. The first-order valence-corrected chi connectivity index (χ1v) is 17.6. The van der Waals surface area contributed by atoms with Crippen LogP contribution < -0.4 is 4.74 Å². The van der Waals surface area contributed by atoms with Crippen LogP contribution in [0.3, 0.4) is 0 Å². The molecule has 0 amide bonds. The molecule has 11 rings (SSSR count). The molecule has 254 valence electrons. The molecule has 0 atom stereocenters. The molecule has 0 fully saturated rings. The van der Waals surface area contributed by atoms with E-state index < -0.39 is 5.41 Å². The third-order valence-electron chi connectivity index (χ3n) is 11.0. The van der Waals surface area contributed by atoms with Gasteiger partial charge in [-0.15, -0.1) is 29.7 Å². The van der Waals surface area contributed by atoms with E-state index in [1.165, 1.54) is 16.7 Å². The van der Waals surface area contributed by atoms with Gasteiger partial charge in [-0.25, -0.2) is 4.98 Å². The van der Waals surface area contributed by atoms with Gasteiger partial charge >= 0.3 is 21.1 Å². The van der Waals surface area contributed by atoms with Gasteiger partial charge in [0.1, 0.15) is 5.82 Å². The van der Waals surface area contributed by atoms with Crippen LogP contribution in [0.5, 0.6) is 11.5 Å². The van der Waals surface area contributed by atoms with Crippen molar-refractivity contribution in [3.63, 3.8) is 0 Å². The third kappa shape index (κ3) is 4.29. The fourth-order valence-corrected chi connectivity index (χ4v) is 8.75. The van der Waals surface area contributed by atoms with Crippen molar-refractivity contribution in [1.29, 1.82) is 0 Å². The van der Waals surface area contributed by atoms with Gasteiger partial charge in [0.15, 0.2) is 0 Å². The molecule has 6 aromatic carbocycles. The van der Waals surface area contributed by atoms with Crippen LogP contribution in [-0.2, 0) is 26.5 Å². The van der Waals surface area contributed by atoms with E-state index >= 15 is 0 Å². The van der Waals surface area contributed by atoms with Crippen molar-refractivity contribution < 1.29 is 25.8 Å². The monoisotopic (exact) mass is 861 g/mol. The molecule has 53 heavy (non-hydrogen) atoms. The SMILES string of the molecule is Cc1nc2c3[c-]c(Oc4[c-]c5c(cc4)c4cccc6c4n5-c4ncccc4C6(c4ccccc4)c4ccccc4)ccc3c3ccccc3n2c1C.[Pt+2]. The minimum Gasteiger partial charge on any atom is -0.503 e. The van der Waals surface area contributed by atoms with Crippen LogP contribution in [0.4, 0.5) is 0 Å². The zero-order valence-electron chi connectivity index (χ0n) is 28.9. The van der Waals surface area contributed by atoms with E-state index in [4.69, 9.17) is 14.7 Å². The second-order valence-corrected chi connectivity index (χ2v) is 13.7. The number of rotatable bonds is 4. The van der Waals surface area contributed by atoms with Crippen molar-refractivity contribution in [2.75, 3.05) is 0 Å². The number of para-hydroxylation sites is 2. The van der Waals surface area contributed by atoms with E-state index in [9.17, 15) is 0 Å². The molecule has 0 radical (unpaired) electrons. The Hall–Kier alpha value is -6.03. The quantitative estimate of drug-likeness (QED) is 0.131. The Morgan fingerprint density at radius 2 is 1.26 bits per heavy atom. The maximum absolute atomic E-state index is 6.62. The number of ether oxygens (including phenoxy) is 1. The van der Waals surface area contributed by atoms with Crippen molar-refractivity contribution >= 4 is 49.1 Å². The molecule has 1 aliphatic rings. The van der Waals surface area contributed by atoms with Gasteiger partial charge in [0.05, 0.1) is 11.1 Å². The summed E-state index contributed by atoms with van der Waals surface area (Å²) in [6, 6.07) is 56.6. The summed E-state index contributed by atoms with van der Waals surface area (Å²) in [5.41, 5.74) is 10.3. The zero-order valence-corrected chi connectivity index (χ0v) is 31.1. The Morgan fingerprint density at radius 1 is 0.604 bits per heavy atom. The molecule has 0 aliphatic carbocycles. The molecule has 10 aromatic rings. The van der Waals surface area contributed by atoms with Crippen molar-refractivity contribution in [3.05, 3.63) is 191 Å². The normalized spacial score (nSPS) is 13.1. The van der Waals surface area contributed by atoms with E-state index in [1.54, 1.807) is 0 Å². The molecule has 0 saturated heterocycles. The molecule has 4 aromatic heterocycles. The average molecular weight is 862 g/mol. The van der Waals surface area contributed by atoms with Gasteiger partial charge in [-0.2, -0.15) is 6.07 Å². The Kier molecular flexibility index (Phi) is 7.02. The largest absolute Gasteiger partial charge is 2.00 e. The van der Waals surface area contributed by atoms with Gasteiger partial charge in [0.25, 0.3) is 0 Å². The first-order chi connectivity index (χ1) is 25.6. The van der Waals surface area contributed by atoms with Gasteiger partial charge in [-0.1, -0.05) is 125 Å². The van der Waals surface area contributed by atoms with Crippen molar-refractivity contribution in [3.8, 4) is 17.3 Å². The van der Waals surface area contributed by atoms with Gasteiger partial charge < -0.3 is 13.7 Å². The third-order valence-corrected chi connectivity index (χ3v) is 11.0. The number of nitrogens with zero attached hydrogens (tertiary/aromatic N) is 4. The van der Waals surface area contributed by atoms with Gasteiger partial charge in [-0.3, -0.25) is 4.98 Å². The molecule has 5 heterocycles. The predicted molar refractivity (Wildman–Crippen MR) is 208 cm³/mol. The molecule has 5 nitrogen and oxygen atoms in total. The summed E-state index contributed by atoms with van der Waals surface area (Å²) in [6.45, 7) is 4.18. The minimum absolute atomic E-state index is 0. The van der Waals surface area contributed by atoms with E-state index in [1.807, 2.05) is 24.4 Å². The topological polar surface area (TPSA) is 44.3 Å². The van der Waals surface area contributed by atoms with Crippen molar-refractivity contribution in [2.24, 2.45) is 0 Å². The van der Waals surface area contributed by atoms with Crippen LogP contribution in [0.1, 0.15) is 33.6 Å². The number of hydrogen-bond donors (Lipinski definition) is 0. The Bertz CT molecular complexity index is 3030. The fourth-order valence-electron chi connectivity index (χ4n) is 8.75. The molecule has 0 bridgehead atoms. The molecule has 6 heteroatoms. The molecule has 0 saturated carbocycles. The van der Waals surface area contributed by atoms with Crippen LogP contribution in [0.2, 0.25) is 0 Å². The summed E-state index contributed by atoms with van der Waals surface area (Å²) in [7, 11) is 0. The van der Waals surface area contributed by atoms with Crippen LogP contribution >= 0.6 is 0 Å². The molecule has 0 unspecified atom stereocenters. The summed E-state index contributed by atoms with van der Waals surface area (Å²) in [5, 5.41) is 5.43. The summed E-state index contributed by atoms with van der Waals surface area (Å²) in [5.74, 6) is 2.11. The number of fused-ring (bicyclic) bond motifs is 11. The van der Waals surface area contributed by atoms with E-state index in [0.717, 1.165) is 71.9 Å². The first-order valence-electron chi connectivity index (χ1n) is 17.6. The first kappa shape index (κ1) is 31.7. The summed E-state index contributed by atoms with van der Waals surface area (Å²) < 4.78 is 11.1. The second kappa shape index (κ2) is 11.7. The van der Waals surface area contributed by atoms with E-state index in [0.29, 0.717) is 11.5 Å². The Labute approximate surface area is 320 Å². The van der Waals surface area contributed by atoms with Crippen LogP contribution in [0, 0.1) is 26.0 Å². The number of imidazole rings is 1. The van der Waals surface area contributed by atoms with Crippen LogP contribution in [-0.4, -0.2) is 18.9 Å². The summed E-state index contributed by atoms with van der Waals surface area (Å²) in [4.78, 5) is 10.1. The average Bonchev–Trinajstić information content (AvgIpc) is 3.69. The van der Waals surface area contributed by atoms with Crippen LogP contribution in [0.25, 0.3) is 54.9 Å². The standard InChI is InChI=1S/C47H30N4O.Pt/c1-29-30(2)50-42-21-10-9-17-36(42)35-24-22-33(27-39(35)45(50)49-29)52-34-23-25-37-38-18-11-19-40-44(38)51(43(37)28-34)46-41(20-12-26-48-46)47(40,31-13-5-3-6-14-31)32-15-7-4-8-16-32;/h3-26H,1-2H3;/q-2;+2. The number of aryl methyl sites for hydroxylation is 2. The van der Waals surface area contributed by atoms with Gasteiger partial charge in [0.2, 0.25) is 0 Å². The minimum atomic E-state index is -0.575. The van der Waals surface area contributed by atoms with E-state index in [2.05, 4.69) is 156 Å². The van der Waals surface area contributed by atoms with Crippen molar-refractivity contribution in [2.45, 2.75) is 19.3 Å². The van der Waals surface area contributed by atoms with Gasteiger partial charge in [-0.05, 0) is 53.4 Å². The summed E-state index contributed by atoms with van der Waals surface area (Å²) >= 11 is 0. The van der Waals surface area contributed by atoms with Gasteiger partial charge in [0, 0.05) is 45.7 Å². The number of pyridine rings is 2. The predicted octanol–water partition coefficient (Wildman–Crippen LogP) is 10.8. The molecule has 1 aliphatic heterocycles. The maximum Gasteiger partial charge on any atom is 2.00 e. The zero-order chi connectivity index (χ0) is 34.6. The molecular formula is C47H30N4OPt. The Balaban J connectivity index is 0.00000349. The number of aromatic nitrogens is 4. The maximum atomic E-state index is 6.62. The number of hydrogen-bond acceptors (Lipinski definition) is 3. The van der Waals surface area contributed by atoms with E-state index in [-0.39, 0.29) is 21.1 Å². The molecular weight excluding hydrogens is 832 g/mol. The smallest absolute Gasteiger partial charge is 0.503 e. The summed E-state index contributed by atoms with van der Waals surface area (Å²) in [6.07, 6.45) is 1.89. The number of benzene rings is 6.